The largest absolute Gasteiger partial charge is 0.507 e. The Hall–Kier alpha value is -2.04. The number of ether oxygens (including phenoxy) is 1. The molecule has 17 heavy (non-hydrogen) atoms. The van der Waals surface area contributed by atoms with Crippen molar-refractivity contribution in [3.63, 3.8) is 0 Å². The minimum atomic E-state index is -1.11. The summed E-state index contributed by atoms with van der Waals surface area (Å²) in [6.45, 7) is 1.70. The first kappa shape index (κ1) is 11.4. The lowest BCUT2D eigenvalue weighted by Crippen LogP contribution is -2.21. The van der Waals surface area contributed by atoms with Gasteiger partial charge in [-0.2, -0.15) is 0 Å². The highest BCUT2D eigenvalue weighted by atomic mass is 16.6. The normalized spacial score (nSPS) is 23.5. The highest BCUT2D eigenvalue weighted by Gasteiger charge is 2.39. The van der Waals surface area contributed by atoms with E-state index in [9.17, 15) is 14.7 Å². The van der Waals surface area contributed by atoms with E-state index in [4.69, 9.17) is 9.84 Å². The molecule has 1 aromatic rings. The van der Waals surface area contributed by atoms with Gasteiger partial charge < -0.3 is 14.9 Å². The second kappa shape index (κ2) is 3.76. The molecule has 0 bridgehead atoms. The summed E-state index contributed by atoms with van der Waals surface area (Å²) < 4.78 is 5.17. The lowest BCUT2D eigenvalue weighted by atomic mass is 9.91. The van der Waals surface area contributed by atoms with Crippen LogP contribution in [-0.2, 0) is 15.1 Å². The van der Waals surface area contributed by atoms with Crippen molar-refractivity contribution in [3.8, 4) is 5.75 Å². The Morgan fingerprint density at radius 1 is 1.47 bits per heavy atom. The number of phenols is 1. The first-order valence-corrected chi connectivity index (χ1v) is 5.21. The van der Waals surface area contributed by atoms with E-state index in [1.807, 2.05) is 0 Å². The molecule has 0 aromatic heterocycles. The molecule has 90 valence electrons. The number of cyclic esters (lactones) is 1. The van der Waals surface area contributed by atoms with E-state index < -0.39 is 11.6 Å². The molecule has 0 spiro atoms. The first-order valence-electron chi connectivity index (χ1n) is 5.21. The molecule has 1 fully saturated rings. The molecule has 1 unspecified atom stereocenters. The van der Waals surface area contributed by atoms with E-state index in [0.29, 0.717) is 18.4 Å². The maximum Gasteiger partial charge on any atom is 0.335 e. The summed E-state index contributed by atoms with van der Waals surface area (Å²) in [4.78, 5) is 21.8. The van der Waals surface area contributed by atoms with Crippen LogP contribution < -0.4 is 0 Å². The molecular formula is C12H12O5. The van der Waals surface area contributed by atoms with Crippen LogP contribution in [0.15, 0.2) is 18.2 Å². The number of carbonyl (C=O) groups excluding carboxylic acids is 1. The molecule has 1 aliphatic heterocycles. The number of esters is 1. The highest BCUT2D eigenvalue weighted by molar-refractivity contribution is 5.88. The fourth-order valence-corrected chi connectivity index (χ4v) is 2.00. The predicted molar refractivity (Wildman–Crippen MR) is 57.7 cm³/mol. The number of hydrogen-bond donors (Lipinski definition) is 2. The highest BCUT2D eigenvalue weighted by Crippen LogP contribution is 2.40. The molecule has 5 heteroatoms. The summed E-state index contributed by atoms with van der Waals surface area (Å²) in [5, 5.41) is 18.6. The average molecular weight is 236 g/mol. The minimum absolute atomic E-state index is 0.000765. The van der Waals surface area contributed by atoms with Crippen LogP contribution in [0.1, 0.15) is 35.7 Å². The molecule has 2 N–H and O–H groups in total. The zero-order valence-electron chi connectivity index (χ0n) is 9.27. The minimum Gasteiger partial charge on any atom is -0.507 e. The smallest absolute Gasteiger partial charge is 0.335 e. The van der Waals surface area contributed by atoms with Crippen molar-refractivity contribution in [2.75, 3.05) is 0 Å². The molecule has 5 nitrogen and oxygen atoms in total. The Kier molecular flexibility index (Phi) is 2.53. The SMILES string of the molecule is CC1(c2ccc(C(=O)O)cc2O)CCC(=O)O1. The third kappa shape index (κ3) is 1.95. The molecule has 0 aliphatic carbocycles. The molecule has 1 aliphatic rings. The topological polar surface area (TPSA) is 83.8 Å². The Morgan fingerprint density at radius 2 is 2.18 bits per heavy atom. The van der Waals surface area contributed by atoms with Crippen molar-refractivity contribution in [2.45, 2.75) is 25.4 Å². The number of benzene rings is 1. The number of carbonyl (C=O) groups is 2. The lowest BCUT2D eigenvalue weighted by Gasteiger charge is -2.24. The van der Waals surface area contributed by atoms with Crippen molar-refractivity contribution in [1.82, 2.24) is 0 Å². The van der Waals surface area contributed by atoms with Crippen LogP contribution in [0.3, 0.4) is 0 Å². The fourth-order valence-electron chi connectivity index (χ4n) is 2.00. The number of hydrogen-bond acceptors (Lipinski definition) is 4. The summed E-state index contributed by atoms with van der Waals surface area (Å²) in [6, 6.07) is 4.03. The van der Waals surface area contributed by atoms with Crippen molar-refractivity contribution in [3.05, 3.63) is 29.3 Å². The van der Waals surface area contributed by atoms with Crippen LogP contribution >= 0.6 is 0 Å². The molecule has 0 amide bonds. The van der Waals surface area contributed by atoms with Crippen LogP contribution in [-0.4, -0.2) is 22.2 Å². The molecule has 0 radical (unpaired) electrons. The number of carboxylic acid groups (broad SMARTS) is 1. The van der Waals surface area contributed by atoms with E-state index >= 15 is 0 Å². The second-order valence-electron chi connectivity index (χ2n) is 4.24. The van der Waals surface area contributed by atoms with E-state index in [1.165, 1.54) is 12.1 Å². The first-order chi connectivity index (χ1) is 7.92. The van der Waals surface area contributed by atoms with Gasteiger partial charge in [0, 0.05) is 18.4 Å². The van der Waals surface area contributed by atoms with E-state index in [1.54, 1.807) is 6.92 Å². The van der Waals surface area contributed by atoms with Gasteiger partial charge in [-0.15, -0.1) is 0 Å². The van der Waals surface area contributed by atoms with Gasteiger partial charge in [-0.25, -0.2) is 4.79 Å². The number of phenolic OH excluding ortho intramolecular Hbond substituents is 1. The van der Waals surface area contributed by atoms with Crippen LogP contribution in [0.2, 0.25) is 0 Å². The van der Waals surface area contributed by atoms with Gasteiger partial charge in [-0.3, -0.25) is 4.79 Å². The standard InChI is InChI=1S/C12H12O5/c1-12(5-4-10(14)17-12)8-3-2-7(11(15)16)6-9(8)13/h2-3,6,13H,4-5H2,1H3,(H,15,16). The average Bonchev–Trinajstić information content (AvgIpc) is 2.59. The van der Waals surface area contributed by atoms with Crippen molar-refractivity contribution in [2.24, 2.45) is 0 Å². The number of carboxylic acids is 1. The quantitative estimate of drug-likeness (QED) is 0.762. The number of aromatic carboxylic acids is 1. The summed E-state index contributed by atoms with van der Waals surface area (Å²) in [7, 11) is 0. The van der Waals surface area contributed by atoms with Crippen LogP contribution in [0.25, 0.3) is 0 Å². The molecule has 1 aromatic carbocycles. The molecule has 1 atom stereocenters. The van der Waals surface area contributed by atoms with Crippen LogP contribution in [0.4, 0.5) is 0 Å². The van der Waals surface area contributed by atoms with Gasteiger partial charge in [-0.05, 0) is 19.1 Å². The Balaban J connectivity index is 2.40. The Labute approximate surface area is 97.6 Å². The molecular weight excluding hydrogens is 224 g/mol. The number of aromatic hydroxyl groups is 1. The predicted octanol–water partition coefficient (Wildman–Crippen LogP) is 1.64. The monoisotopic (exact) mass is 236 g/mol. The van der Waals surface area contributed by atoms with Gasteiger partial charge in [0.2, 0.25) is 0 Å². The van der Waals surface area contributed by atoms with Gasteiger partial charge in [0.05, 0.1) is 5.56 Å². The van der Waals surface area contributed by atoms with Gasteiger partial charge in [-0.1, -0.05) is 6.07 Å². The third-order valence-corrected chi connectivity index (χ3v) is 2.96. The maximum absolute atomic E-state index is 11.1. The van der Waals surface area contributed by atoms with Gasteiger partial charge >= 0.3 is 11.9 Å². The summed E-state index contributed by atoms with van der Waals surface area (Å²) in [5.41, 5.74) is -0.425. The van der Waals surface area contributed by atoms with E-state index in [0.717, 1.165) is 6.07 Å². The Morgan fingerprint density at radius 3 is 2.65 bits per heavy atom. The van der Waals surface area contributed by atoms with Crippen LogP contribution in [0.5, 0.6) is 5.75 Å². The molecule has 1 heterocycles. The maximum atomic E-state index is 11.1. The van der Waals surface area contributed by atoms with Crippen molar-refractivity contribution in [1.29, 1.82) is 0 Å². The van der Waals surface area contributed by atoms with Gasteiger partial charge in [0.25, 0.3) is 0 Å². The lowest BCUT2D eigenvalue weighted by molar-refractivity contribution is -0.147. The van der Waals surface area contributed by atoms with Gasteiger partial charge in [0.15, 0.2) is 0 Å². The zero-order valence-corrected chi connectivity index (χ0v) is 9.27. The van der Waals surface area contributed by atoms with Crippen LogP contribution in [0, 0.1) is 0 Å². The van der Waals surface area contributed by atoms with E-state index in [-0.39, 0.29) is 17.3 Å². The Bertz CT molecular complexity index is 494. The second-order valence-corrected chi connectivity index (χ2v) is 4.24. The third-order valence-electron chi connectivity index (χ3n) is 2.96. The van der Waals surface area contributed by atoms with E-state index in [2.05, 4.69) is 0 Å². The molecule has 2 rings (SSSR count). The van der Waals surface area contributed by atoms with Crippen molar-refractivity contribution >= 4 is 11.9 Å². The number of rotatable bonds is 2. The summed E-state index contributed by atoms with van der Waals surface area (Å²) in [5.74, 6) is -1.59. The van der Waals surface area contributed by atoms with Gasteiger partial charge in [0.1, 0.15) is 11.4 Å². The molecule has 1 saturated heterocycles. The zero-order chi connectivity index (χ0) is 12.6. The summed E-state index contributed by atoms with van der Waals surface area (Å²) >= 11 is 0. The summed E-state index contributed by atoms with van der Waals surface area (Å²) in [6.07, 6.45) is 0.780. The fraction of sp³-hybridized carbons (Fsp3) is 0.333. The van der Waals surface area contributed by atoms with Crippen molar-refractivity contribution < 1.29 is 24.5 Å². The molecule has 0 saturated carbocycles.